The van der Waals surface area contributed by atoms with Gasteiger partial charge in [0.1, 0.15) is 0 Å². The molecule has 1 heterocycles. The minimum atomic E-state index is -0.0456. The highest BCUT2D eigenvalue weighted by Gasteiger charge is 2.39. The average Bonchev–Trinajstić information content (AvgIpc) is 2.99. The highest BCUT2D eigenvalue weighted by molar-refractivity contribution is 5.88. The smallest absolute Gasteiger partial charge is 0.221 e. The van der Waals surface area contributed by atoms with Crippen molar-refractivity contribution >= 4 is 17.6 Å². The van der Waals surface area contributed by atoms with Crippen molar-refractivity contribution in [2.24, 2.45) is 10.4 Å². The van der Waals surface area contributed by atoms with Gasteiger partial charge in [-0.15, -0.1) is 0 Å². The molecule has 0 atom stereocenters. The number of likely N-dealkylation sites (tertiary alicyclic amines) is 1. The second-order valence-corrected chi connectivity index (χ2v) is 7.51. The summed E-state index contributed by atoms with van der Waals surface area (Å²) in [5.74, 6) is 0.947. The lowest BCUT2D eigenvalue weighted by Crippen LogP contribution is -2.41. The lowest BCUT2D eigenvalue weighted by atomic mass is 9.73. The largest absolute Gasteiger partial charge is 0.352 e. The van der Waals surface area contributed by atoms with E-state index in [9.17, 15) is 4.79 Å². The van der Waals surface area contributed by atoms with Crippen LogP contribution in [0.1, 0.15) is 51.0 Å². The van der Waals surface area contributed by atoms with Gasteiger partial charge in [-0.3, -0.25) is 9.79 Å². The summed E-state index contributed by atoms with van der Waals surface area (Å²) in [6.45, 7) is 4.48. The number of hydrogen-bond donors (Lipinski definition) is 2. The number of carbonyl (C=O) groups is 1. The zero-order chi connectivity index (χ0) is 17.7. The molecule has 0 radical (unpaired) electrons. The molecular weight excluding hydrogens is 312 g/mol. The van der Waals surface area contributed by atoms with Crippen LogP contribution in [0.3, 0.4) is 0 Å². The second-order valence-electron chi connectivity index (χ2n) is 7.51. The van der Waals surface area contributed by atoms with Crippen LogP contribution in [-0.2, 0) is 11.3 Å². The van der Waals surface area contributed by atoms with E-state index in [4.69, 9.17) is 0 Å². The Balaban J connectivity index is 1.57. The quantitative estimate of drug-likeness (QED) is 0.654. The first-order chi connectivity index (χ1) is 12.1. The molecule has 136 valence electrons. The summed E-state index contributed by atoms with van der Waals surface area (Å²) in [6.07, 6.45) is 8.22. The van der Waals surface area contributed by atoms with Crippen molar-refractivity contribution in [3.05, 3.63) is 29.8 Å². The average molecular weight is 342 g/mol. The molecule has 3 rings (SSSR count). The summed E-state index contributed by atoms with van der Waals surface area (Å²) >= 11 is 0. The Kier molecular flexibility index (Phi) is 5.61. The molecule has 1 spiro atoms. The molecule has 1 amide bonds. The van der Waals surface area contributed by atoms with Crippen LogP contribution < -0.4 is 10.6 Å². The molecular formula is C20H30N4O. The Bertz CT molecular complexity index is 634. The number of nitrogens with zero attached hydrogens (tertiary/aromatic N) is 2. The monoisotopic (exact) mass is 342 g/mol. The van der Waals surface area contributed by atoms with Gasteiger partial charge >= 0.3 is 0 Å². The van der Waals surface area contributed by atoms with Gasteiger partial charge in [-0.2, -0.15) is 0 Å². The van der Waals surface area contributed by atoms with E-state index in [0.29, 0.717) is 12.0 Å². The highest BCUT2D eigenvalue weighted by atomic mass is 16.1. The van der Waals surface area contributed by atoms with Gasteiger partial charge in [-0.1, -0.05) is 31.4 Å². The fourth-order valence-electron chi connectivity index (χ4n) is 4.30. The third-order valence-corrected chi connectivity index (χ3v) is 5.56. The Morgan fingerprint density at radius 2 is 2.04 bits per heavy atom. The first kappa shape index (κ1) is 17.8. The molecule has 0 aromatic heterocycles. The molecule has 25 heavy (non-hydrogen) atoms. The summed E-state index contributed by atoms with van der Waals surface area (Å²) in [5.41, 5.74) is 2.50. The number of carbonyl (C=O) groups excluding carboxylic acids is 1. The molecule has 2 aliphatic rings. The topological polar surface area (TPSA) is 56.7 Å². The standard InChI is InChI=1S/C20H30N4O/c1-16(25)23-18-8-6-7-17(13-18)14-22-19(21-2)24-12-11-20(15-24)9-4-3-5-10-20/h6-8,13H,3-5,9-12,14-15H2,1-2H3,(H,21,22)(H,23,25). The molecule has 1 aliphatic carbocycles. The molecule has 1 aliphatic heterocycles. The normalized spacial score (nSPS) is 19.9. The number of benzene rings is 1. The molecule has 5 nitrogen and oxygen atoms in total. The number of aliphatic imine (C=N–C) groups is 1. The summed E-state index contributed by atoms with van der Waals surface area (Å²) in [4.78, 5) is 18.1. The van der Waals surface area contributed by atoms with E-state index in [1.807, 2.05) is 25.2 Å². The zero-order valence-corrected chi connectivity index (χ0v) is 15.5. The van der Waals surface area contributed by atoms with Crippen LogP contribution in [0, 0.1) is 5.41 Å². The maximum absolute atomic E-state index is 11.2. The fourth-order valence-corrected chi connectivity index (χ4v) is 4.30. The molecule has 2 fully saturated rings. The lowest BCUT2D eigenvalue weighted by molar-refractivity contribution is -0.114. The van der Waals surface area contributed by atoms with Crippen LogP contribution in [0.2, 0.25) is 0 Å². The van der Waals surface area contributed by atoms with Gasteiger partial charge < -0.3 is 15.5 Å². The number of rotatable bonds is 3. The van der Waals surface area contributed by atoms with Crippen LogP contribution >= 0.6 is 0 Å². The summed E-state index contributed by atoms with van der Waals surface area (Å²) < 4.78 is 0. The molecule has 1 saturated carbocycles. The van der Waals surface area contributed by atoms with Crippen molar-refractivity contribution in [3.8, 4) is 0 Å². The molecule has 0 unspecified atom stereocenters. The molecule has 1 aromatic carbocycles. The van der Waals surface area contributed by atoms with Crippen molar-refractivity contribution < 1.29 is 4.79 Å². The van der Waals surface area contributed by atoms with Gasteiger partial charge in [-0.05, 0) is 42.4 Å². The van der Waals surface area contributed by atoms with Gasteiger partial charge in [0.15, 0.2) is 5.96 Å². The minimum absolute atomic E-state index is 0.0456. The first-order valence-electron chi connectivity index (χ1n) is 9.42. The van der Waals surface area contributed by atoms with E-state index >= 15 is 0 Å². The van der Waals surface area contributed by atoms with Crippen LogP contribution in [0.25, 0.3) is 0 Å². The maximum Gasteiger partial charge on any atom is 0.221 e. The molecule has 1 saturated heterocycles. The number of anilines is 1. The van der Waals surface area contributed by atoms with Gasteiger partial charge in [0.2, 0.25) is 5.91 Å². The predicted octanol–water partition coefficient (Wildman–Crippen LogP) is 3.38. The van der Waals surface area contributed by atoms with Crippen molar-refractivity contribution in [1.82, 2.24) is 10.2 Å². The number of nitrogens with one attached hydrogen (secondary N) is 2. The Morgan fingerprint density at radius 3 is 2.76 bits per heavy atom. The fraction of sp³-hybridized carbons (Fsp3) is 0.600. The highest BCUT2D eigenvalue weighted by Crippen LogP contribution is 2.43. The Labute approximate surface area is 150 Å². The predicted molar refractivity (Wildman–Crippen MR) is 103 cm³/mol. The Hall–Kier alpha value is -2.04. The SMILES string of the molecule is CN=C(NCc1cccc(NC(C)=O)c1)N1CCC2(CCCCC2)C1. The third-order valence-electron chi connectivity index (χ3n) is 5.56. The molecule has 0 bridgehead atoms. The summed E-state index contributed by atoms with van der Waals surface area (Å²) in [6, 6.07) is 7.96. The van der Waals surface area contributed by atoms with E-state index < -0.39 is 0 Å². The zero-order valence-electron chi connectivity index (χ0n) is 15.5. The van der Waals surface area contributed by atoms with E-state index in [0.717, 1.165) is 30.3 Å². The van der Waals surface area contributed by atoms with Crippen molar-refractivity contribution in [2.45, 2.75) is 52.0 Å². The van der Waals surface area contributed by atoms with Crippen molar-refractivity contribution in [1.29, 1.82) is 0 Å². The number of amides is 1. The van der Waals surface area contributed by atoms with Gasteiger partial charge in [0, 0.05) is 39.3 Å². The van der Waals surface area contributed by atoms with E-state index in [-0.39, 0.29) is 5.91 Å². The van der Waals surface area contributed by atoms with Gasteiger partial charge in [-0.25, -0.2) is 0 Å². The molecule has 1 aromatic rings. The van der Waals surface area contributed by atoms with Crippen LogP contribution in [0.15, 0.2) is 29.3 Å². The van der Waals surface area contributed by atoms with Crippen molar-refractivity contribution in [3.63, 3.8) is 0 Å². The van der Waals surface area contributed by atoms with Gasteiger partial charge in [0.25, 0.3) is 0 Å². The molecule has 2 N–H and O–H groups in total. The Morgan fingerprint density at radius 1 is 1.24 bits per heavy atom. The van der Waals surface area contributed by atoms with Crippen molar-refractivity contribution in [2.75, 3.05) is 25.5 Å². The summed E-state index contributed by atoms with van der Waals surface area (Å²) in [5, 5.41) is 6.33. The van der Waals surface area contributed by atoms with Crippen LogP contribution in [-0.4, -0.2) is 36.9 Å². The molecule has 5 heteroatoms. The number of guanidine groups is 1. The number of hydrogen-bond acceptors (Lipinski definition) is 2. The lowest BCUT2D eigenvalue weighted by Gasteiger charge is -2.33. The van der Waals surface area contributed by atoms with E-state index in [1.165, 1.54) is 45.4 Å². The summed E-state index contributed by atoms with van der Waals surface area (Å²) in [7, 11) is 1.86. The minimum Gasteiger partial charge on any atom is -0.352 e. The third kappa shape index (κ3) is 4.53. The second kappa shape index (κ2) is 7.89. The van der Waals surface area contributed by atoms with Gasteiger partial charge in [0.05, 0.1) is 0 Å². The first-order valence-corrected chi connectivity index (χ1v) is 9.42. The van der Waals surface area contributed by atoms with Crippen LogP contribution in [0.4, 0.5) is 5.69 Å². The maximum atomic E-state index is 11.2. The van der Waals surface area contributed by atoms with E-state index in [2.05, 4.69) is 26.6 Å². The van der Waals surface area contributed by atoms with E-state index in [1.54, 1.807) is 0 Å². The van der Waals surface area contributed by atoms with Crippen LogP contribution in [0.5, 0.6) is 0 Å².